The number of aromatic nitrogens is 2. The first kappa shape index (κ1) is 20.3. The molecule has 1 aliphatic carbocycles. The van der Waals surface area contributed by atoms with Crippen LogP contribution in [0.15, 0.2) is 53.3 Å². The van der Waals surface area contributed by atoms with Gasteiger partial charge in [-0.1, -0.05) is 25.3 Å². The zero-order chi connectivity index (χ0) is 21.4. The van der Waals surface area contributed by atoms with Crippen molar-refractivity contribution in [3.8, 4) is 0 Å². The molecule has 2 atom stereocenters. The topological polar surface area (TPSA) is 46.2 Å². The highest BCUT2D eigenvalue weighted by atomic mass is 32.1. The van der Waals surface area contributed by atoms with Crippen LogP contribution in [0.2, 0.25) is 0 Å². The quantitative estimate of drug-likeness (QED) is 0.541. The molecule has 2 aliphatic rings. The van der Waals surface area contributed by atoms with Gasteiger partial charge in [-0.3, -0.25) is 4.98 Å². The predicted molar refractivity (Wildman–Crippen MR) is 126 cm³/mol. The number of nitrogens with zero attached hydrogens (tertiary/aromatic N) is 3. The number of furan rings is 1. The number of pyridine rings is 1. The molecule has 5 nitrogen and oxygen atoms in total. The molecule has 6 heteroatoms. The van der Waals surface area contributed by atoms with E-state index >= 15 is 0 Å². The number of hydrogen-bond acceptors (Lipinski definition) is 3. The van der Waals surface area contributed by atoms with Crippen molar-refractivity contribution < 1.29 is 4.42 Å². The number of nitrogens with one attached hydrogen (secondary N) is 1. The first-order chi connectivity index (χ1) is 15.1. The molecule has 3 aromatic rings. The molecule has 1 saturated heterocycles. The van der Waals surface area contributed by atoms with Gasteiger partial charge in [-0.15, -0.1) is 0 Å². The summed E-state index contributed by atoms with van der Waals surface area (Å²) in [6.07, 6.45) is 9.92. The summed E-state index contributed by atoms with van der Waals surface area (Å²) in [5.74, 6) is 0.971. The summed E-state index contributed by atoms with van der Waals surface area (Å²) in [6.45, 7) is 5.15. The van der Waals surface area contributed by atoms with E-state index in [0.717, 1.165) is 23.1 Å². The standard InChI is InChI=1S/C25H30N4OS/c1-17-15-21(18(2)28(17)16-20-11-8-14-30-20)24-23(22-12-6-7-13-26-22)27-25(31)29(24)19-9-4-3-5-10-19/h6-8,11-15,19,23-24H,3-5,9-10,16H2,1-2H3,(H,27,31)/t23-,24+/m0/s1. The maximum atomic E-state index is 5.92. The van der Waals surface area contributed by atoms with E-state index in [2.05, 4.69) is 46.8 Å². The van der Waals surface area contributed by atoms with Crippen LogP contribution in [0, 0.1) is 13.8 Å². The number of thiocarbonyl (C=S) groups is 1. The van der Waals surface area contributed by atoms with Gasteiger partial charge in [0, 0.05) is 23.6 Å². The third kappa shape index (κ3) is 3.78. The van der Waals surface area contributed by atoms with E-state index in [0.29, 0.717) is 6.04 Å². The Hall–Kier alpha value is -2.60. The average Bonchev–Trinajstić information content (AvgIpc) is 3.50. The highest BCUT2D eigenvalue weighted by Gasteiger charge is 2.44. The monoisotopic (exact) mass is 434 g/mol. The van der Waals surface area contributed by atoms with Crippen LogP contribution in [0.5, 0.6) is 0 Å². The normalized spacial score (nSPS) is 22.1. The van der Waals surface area contributed by atoms with Gasteiger partial charge in [-0.2, -0.15) is 0 Å². The summed E-state index contributed by atoms with van der Waals surface area (Å²) in [6, 6.07) is 13.1. The molecule has 0 radical (unpaired) electrons. The van der Waals surface area contributed by atoms with E-state index in [9.17, 15) is 0 Å². The average molecular weight is 435 g/mol. The lowest BCUT2D eigenvalue weighted by Gasteiger charge is -2.37. The zero-order valence-corrected chi connectivity index (χ0v) is 19.1. The molecule has 1 saturated carbocycles. The van der Waals surface area contributed by atoms with Gasteiger partial charge in [-0.05, 0) is 74.8 Å². The highest BCUT2D eigenvalue weighted by molar-refractivity contribution is 7.80. The molecule has 0 bridgehead atoms. The Morgan fingerprint density at radius 3 is 2.68 bits per heavy atom. The third-order valence-corrected chi connectivity index (χ3v) is 7.26. The number of hydrogen-bond donors (Lipinski definition) is 1. The summed E-state index contributed by atoms with van der Waals surface area (Å²) in [7, 11) is 0. The summed E-state index contributed by atoms with van der Waals surface area (Å²) < 4.78 is 7.98. The van der Waals surface area contributed by atoms with Crippen LogP contribution in [-0.4, -0.2) is 25.6 Å². The second-order valence-electron chi connectivity index (χ2n) is 8.82. The van der Waals surface area contributed by atoms with Crippen molar-refractivity contribution in [3.05, 3.63) is 77.3 Å². The minimum Gasteiger partial charge on any atom is -0.467 e. The van der Waals surface area contributed by atoms with Gasteiger partial charge in [0.05, 0.1) is 30.6 Å². The fraction of sp³-hybridized carbons (Fsp3) is 0.440. The Labute approximate surface area is 189 Å². The van der Waals surface area contributed by atoms with E-state index in [4.69, 9.17) is 21.6 Å². The molecule has 0 unspecified atom stereocenters. The SMILES string of the molecule is Cc1cc([C@@H]2[C@H](c3ccccn3)NC(=S)N2C2CCCCC2)c(C)n1Cc1ccco1. The Bertz CT molecular complexity index is 1040. The molecule has 0 amide bonds. The second kappa shape index (κ2) is 8.50. The lowest BCUT2D eigenvalue weighted by molar-refractivity contribution is 0.196. The van der Waals surface area contributed by atoms with Crippen molar-refractivity contribution in [2.24, 2.45) is 0 Å². The maximum absolute atomic E-state index is 5.92. The molecule has 162 valence electrons. The van der Waals surface area contributed by atoms with Crippen LogP contribution in [-0.2, 0) is 6.54 Å². The largest absolute Gasteiger partial charge is 0.467 e. The van der Waals surface area contributed by atoms with Gasteiger partial charge in [0.25, 0.3) is 0 Å². The summed E-state index contributed by atoms with van der Waals surface area (Å²) in [5, 5.41) is 4.50. The van der Waals surface area contributed by atoms with E-state index in [-0.39, 0.29) is 12.1 Å². The van der Waals surface area contributed by atoms with Crippen molar-refractivity contribution in [2.45, 2.75) is 70.6 Å². The first-order valence-electron chi connectivity index (χ1n) is 11.3. The minimum absolute atomic E-state index is 0.0492. The van der Waals surface area contributed by atoms with Gasteiger partial charge in [0.2, 0.25) is 0 Å². The summed E-state index contributed by atoms with van der Waals surface area (Å²) in [5.41, 5.74) is 4.89. The van der Waals surface area contributed by atoms with Gasteiger partial charge in [-0.25, -0.2) is 0 Å². The lowest BCUT2D eigenvalue weighted by atomic mass is 9.90. The molecule has 1 aliphatic heterocycles. The Morgan fingerprint density at radius 1 is 1.13 bits per heavy atom. The molecule has 2 fully saturated rings. The number of rotatable bonds is 5. The van der Waals surface area contributed by atoms with Crippen molar-refractivity contribution in [1.82, 2.24) is 19.8 Å². The molecule has 1 N–H and O–H groups in total. The van der Waals surface area contributed by atoms with Crippen LogP contribution in [0.25, 0.3) is 0 Å². The zero-order valence-electron chi connectivity index (χ0n) is 18.3. The maximum Gasteiger partial charge on any atom is 0.170 e. The molecular formula is C25H30N4OS. The second-order valence-corrected chi connectivity index (χ2v) is 9.20. The fourth-order valence-electron chi connectivity index (χ4n) is 5.38. The predicted octanol–water partition coefficient (Wildman–Crippen LogP) is 5.45. The van der Waals surface area contributed by atoms with Gasteiger partial charge in [0.15, 0.2) is 5.11 Å². The molecule has 4 heterocycles. The van der Waals surface area contributed by atoms with Crippen molar-refractivity contribution in [3.63, 3.8) is 0 Å². The smallest absolute Gasteiger partial charge is 0.170 e. The molecular weight excluding hydrogens is 404 g/mol. The molecule has 31 heavy (non-hydrogen) atoms. The summed E-state index contributed by atoms with van der Waals surface area (Å²) in [4.78, 5) is 7.19. The van der Waals surface area contributed by atoms with Crippen LogP contribution in [0.4, 0.5) is 0 Å². The first-order valence-corrected chi connectivity index (χ1v) is 11.7. The molecule has 0 aromatic carbocycles. The Morgan fingerprint density at radius 2 is 1.97 bits per heavy atom. The van der Waals surface area contributed by atoms with Gasteiger partial charge in [0.1, 0.15) is 5.76 Å². The van der Waals surface area contributed by atoms with Crippen molar-refractivity contribution in [1.29, 1.82) is 0 Å². The van der Waals surface area contributed by atoms with E-state index in [1.165, 1.54) is 49.1 Å². The molecule has 3 aromatic heterocycles. The van der Waals surface area contributed by atoms with E-state index in [1.807, 2.05) is 24.4 Å². The van der Waals surface area contributed by atoms with Crippen LogP contribution < -0.4 is 5.32 Å². The van der Waals surface area contributed by atoms with E-state index in [1.54, 1.807) is 6.26 Å². The molecule has 0 spiro atoms. The third-order valence-electron chi connectivity index (χ3n) is 6.93. The van der Waals surface area contributed by atoms with Crippen molar-refractivity contribution >= 4 is 17.3 Å². The summed E-state index contributed by atoms with van der Waals surface area (Å²) >= 11 is 5.92. The minimum atomic E-state index is 0.0492. The Kier molecular flexibility index (Phi) is 5.57. The van der Waals surface area contributed by atoms with Gasteiger partial charge >= 0.3 is 0 Å². The van der Waals surface area contributed by atoms with Crippen molar-refractivity contribution in [2.75, 3.05) is 0 Å². The van der Waals surface area contributed by atoms with Gasteiger partial charge < -0.3 is 19.2 Å². The lowest BCUT2D eigenvalue weighted by Crippen LogP contribution is -2.40. The fourth-order valence-corrected chi connectivity index (χ4v) is 5.77. The Balaban J connectivity index is 1.57. The van der Waals surface area contributed by atoms with Crippen LogP contribution in [0.3, 0.4) is 0 Å². The van der Waals surface area contributed by atoms with E-state index < -0.39 is 0 Å². The highest BCUT2D eigenvalue weighted by Crippen LogP contribution is 2.44. The number of aryl methyl sites for hydroxylation is 1. The van der Waals surface area contributed by atoms with Crippen LogP contribution >= 0.6 is 12.2 Å². The molecule has 5 rings (SSSR count). The van der Waals surface area contributed by atoms with Crippen LogP contribution in [0.1, 0.15) is 72.6 Å².